The standard InChI is InChI=1S/C36H52BrN3O5/c1-10-18-38(24-16-14-13-15-17-24)31(42)27-28-32(43)40(26(21-41)23(4)12-3)30(36(28)20-25(37)29(27)45-36)33(44)39(19-11-2)35(8,9)22-34(5,6)7/h10-11,13-17,23,25-30,41H,1-2,12,18-22H2,3-9H3/t23-,25?,26-,27+,28-,29+,30?,36?/m0/s1. The number of hydrogen-bond acceptors (Lipinski definition) is 5. The number of likely N-dealkylation sites (tertiary alicyclic amines) is 1. The van der Waals surface area contributed by atoms with Crippen LogP contribution in [0.15, 0.2) is 55.6 Å². The Morgan fingerprint density at radius 3 is 2.29 bits per heavy atom. The fourth-order valence-corrected chi connectivity index (χ4v) is 9.29. The SMILES string of the molecule is C=CCN(C(=O)[C@H]1[C@@H]2OC3(CC2Br)C(C(=O)N(CC=C)C(C)(C)CC(C)(C)C)N([C@@H](CO)[C@@H](C)CC)C(=O)[C@H]13)c1ccccc1. The highest BCUT2D eigenvalue weighted by molar-refractivity contribution is 9.09. The molecule has 0 aromatic heterocycles. The van der Waals surface area contributed by atoms with Crippen molar-refractivity contribution in [1.82, 2.24) is 9.80 Å². The number of nitrogens with zero attached hydrogens (tertiary/aromatic N) is 3. The first-order valence-corrected chi connectivity index (χ1v) is 17.2. The Labute approximate surface area is 278 Å². The molecule has 1 N–H and O–H groups in total. The molecule has 1 aromatic rings. The van der Waals surface area contributed by atoms with E-state index in [9.17, 15) is 14.7 Å². The highest BCUT2D eigenvalue weighted by Gasteiger charge is 2.77. The summed E-state index contributed by atoms with van der Waals surface area (Å²) in [6.45, 7) is 22.6. The van der Waals surface area contributed by atoms with E-state index in [0.717, 1.165) is 0 Å². The van der Waals surface area contributed by atoms with Gasteiger partial charge in [0, 0.05) is 29.1 Å². The molecule has 3 saturated heterocycles. The van der Waals surface area contributed by atoms with E-state index < -0.39 is 41.2 Å². The third-order valence-corrected chi connectivity index (χ3v) is 10.9. The van der Waals surface area contributed by atoms with Crippen LogP contribution in [0.1, 0.15) is 67.7 Å². The van der Waals surface area contributed by atoms with E-state index in [0.29, 0.717) is 31.5 Å². The number of halogens is 1. The van der Waals surface area contributed by atoms with Crippen LogP contribution >= 0.6 is 15.9 Å². The zero-order chi connectivity index (χ0) is 33.5. The number of rotatable bonds is 13. The molecular weight excluding hydrogens is 634 g/mol. The van der Waals surface area contributed by atoms with Crippen LogP contribution in [-0.4, -0.2) is 86.5 Å². The molecule has 0 aliphatic carbocycles. The molecule has 1 spiro atoms. The molecule has 8 nitrogen and oxygen atoms in total. The Morgan fingerprint density at radius 2 is 1.76 bits per heavy atom. The van der Waals surface area contributed by atoms with Gasteiger partial charge in [-0.2, -0.15) is 0 Å². The lowest BCUT2D eigenvalue weighted by molar-refractivity contribution is -0.156. The molecular formula is C36H52BrN3O5. The van der Waals surface area contributed by atoms with E-state index in [4.69, 9.17) is 4.74 Å². The topological polar surface area (TPSA) is 90.4 Å². The predicted molar refractivity (Wildman–Crippen MR) is 182 cm³/mol. The highest BCUT2D eigenvalue weighted by atomic mass is 79.9. The predicted octanol–water partition coefficient (Wildman–Crippen LogP) is 5.59. The van der Waals surface area contributed by atoms with Crippen molar-refractivity contribution in [2.45, 2.75) is 102 Å². The van der Waals surface area contributed by atoms with Crippen molar-refractivity contribution in [3.8, 4) is 0 Å². The maximum absolute atomic E-state index is 15.1. The van der Waals surface area contributed by atoms with Crippen molar-refractivity contribution in [3.05, 3.63) is 55.6 Å². The highest BCUT2D eigenvalue weighted by Crippen LogP contribution is 2.61. The number of alkyl halides is 1. The number of aliphatic hydroxyl groups excluding tert-OH is 1. The second-order valence-corrected chi connectivity index (χ2v) is 16.1. The Hall–Kier alpha value is -2.49. The summed E-state index contributed by atoms with van der Waals surface area (Å²) in [6.07, 6.45) is 4.61. The number of benzene rings is 1. The molecule has 1 aromatic carbocycles. The largest absolute Gasteiger partial charge is 0.394 e. The summed E-state index contributed by atoms with van der Waals surface area (Å²) in [5, 5.41) is 10.8. The molecule has 4 rings (SSSR count). The van der Waals surface area contributed by atoms with Crippen LogP contribution in [0.3, 0.4) is 0 Å². The number of carbonyl (C=O) groups excluding carboxylic acids is 3. The van der Waals surface area contributed by atoms with Gasteiger partial charge in [-0.25, -0.2) is 0 Å². The maximum atomic E-state index is 15.1. The Morgan fingerprint density at radius 1 is 1.13 bits per heavy atom. The van der Waals surface area contributed by atoms with Gasteiger partial charge in [0.1, 0.15) is 11.6 Å². The van der Waals surface area contributed by atoms with Gasteiger partial charge in [-0.15, -0.1) is 13.2 Å². The number of hydrogen-bond donors (Lipinski definition) is 1. The normalized spacial score (nSPS) is 28.9. The average molecular weight is 687 g/mol. The summed E-state index contributed by atoms with van der Waals surface area (Å²) < 4.78 is 6.84. The van der Waals surface area contributed by atoms with Gasteiger partial charge in [0.25, 0.3) is 0 Å². The number of para-hydroxylation sites is 1. The molecule has 45 heavy (non-hydrogen) atoms. The van der Waals surface area contributed by atoms with Crippen molar-refractivity contribution in [2.24, 2.45) is 23.2 Å². The lowest BCUT2D eigenvalue weighted by atomic mass is 9.69. The number of fused-ring (bicyclic) bond motifs is 1. The molecule has 0 saturated carbocycles. The van der Waals surface area contributed by atoms with Crippen LogP contribution in [0.2, 0.25) is 0 Å². The number of ether oxygens (including phenoxy) is 1. The van der Waals surface area contributed by atoms with Gasteiger partial charge in [-0.1, -0.05) is 87.3 Å². The molecule has 2 bridgehead atoms. The third-order valence-electron chi connectivity index (χ3n) is 10.0. The first-order chi connectivity index (χ1) is 21.1. The fourth-order valence-electron chi connectivity index (χ4n) is 8.35. The zero-order valence-electron chi connectivity index (χ0n) is 28.0. The molecule has 9 heteroatoms. The van der Waals surface area contributed by atoms with Crippen molar-refractivity contribution >= 4 is 39.3 Å². The molecule has 248 valence electrons. The van der Waals surface area contributed by atoms with Crippen LogP contribution in [0, 0.1) is 23.2 Å². The van der Waals surface area contributed by atoms with Gasteiger partial charge in [0.05, 0.1) is 30.6 Å². The Bertz CT molecular complexity index is 1280. The van der Waals surface area contributed by atoms with Crippen LogP contribution < -0.4 is 4.90 Å². The van der Waals surface area contributed by atoms with E-state index in [1.807, 2.05) is 62.9 Å². The van der Waals surface area contributed by atoms with Crippen molar-refractivity contribution < 1.29 is 24.2 Å². The zero-order valence-corrected chi connectivity index (χ0v) is 29.6. The Kier molecular flexibility index (Phi) is 10.5. The first-order valence-electron chi connectivity index (χ1n) is 16.2. The van der Waals surface area contributed by atoms with Gasteiger partial charge in [0.15, 0.2) is 0 Å². The number of carbonyl (C=O) groups is 3. The molecule has 0 radical (unpaired) electrons. The lowest BCUT2D eigenvalue weighted by Gasteiger charge is -2.47. The third kappa shape index (κ3) is 6.29. The first kappa shape index (κ1) is 35.4. The summed E-state index contributed by atoms with van der Waals surface area (Å²) in [5.74, 6) is -2.55. The summed E-state index contributed by atoms with van der Waals surface area (Å²) in [7, 11) is 0. The molecule has 3 fully saturated rings. The van der Waals surface area contributed by atoms with Gasteiger partial charge in [0.2, 0.25) is 17.7 Å². The average Bonchev–Trinajstić information content (AvgIpc) is 3.56. The number of aliphatic hydroxyl groups is 1. The monoisotopic (exact) mass is 685 g/mol. The van der Waals surface area contributed by atoms with Crippen molar-refractivity contribution in [2.75, 3.05) is 24.6 Å². The molecule has 3 aliphatic heterocycles. The smallest absolute Gasteiger partial charge is 0.249 e. The Balaban J connectivity index is 1.88. The van der Waals surface area contributed by atoms with E-state index in [2.05, 4.69) is 49.9 Å². The molecule has 3 amide bonds. The molecule has 3 unspecified atom stereocenters. The molecule has 3 heterocycles. The van der Waals surface area contributed by atoms with Crippen LogP contribution in [0.25, 0.3) is 0 Å². The van der Waals surface area contributed by atoms with Crippen molar-refractivity contribution in [1.29, 1.82) is 0 Å². The van der Waals surface area contributed by atoms with E-state index >= 15 is 4.79 Å². The van der Waals surface area contributed by atoms with Crippen LogP contribution in [0.5, 0.6) is 0 Å². The second kappa shape index (κ2) is 13.3. The minimum absolute atomic E-state index is 0.0770. The summed E-state index contributed by atoms with van der Waals surface area (Å²) in [5.41, 5.74) is -1.19. The number of anilines is 1. The second-order valence-electron chi connectivity index (χ2n) is 14.9. The summed E-state index contributed by atoms with van der Waals surface area (Å²) in [4.78, 5) is 49.4. The van der Waals surface area contributed by atoms with Crippen molar-refractivity contribution in [3.63, 3.8) is 0 Å². The molecule has 3 aliphatic rings. The number of amides is 3. The summed E-state index contributed by atoms with van der Waals surface area (Å²) in [6, 6.07) is 7.73. The van der Waals surface area contributed by atoms with Gasteiger partial charge < -0.3 is 24.5 Å². The summed E-state index contributed by atoms with van der Waals surface area (Å²) >= 11 is 3.80. The molecule has 8 atom stereocenters. The van der Waals surface area contributed by atoms with Crippen LogP contribution in [-0.2, 0) is 19.1 Å². The van der Waals surface area contributed by atoms with Gasteiger partial charge in [-0.05, 0) is 50.2 Å². The van der Waals surface area contributed by atoms with E-state index in [1.54, 1.807) is 22.0 Å². The van der Waals surface area contributed by atoms with Gasteiger partial charge in [-0.3, -0.25) is 14.4 Å². The van der Waals surface area contributed by atoms with E-state index in [1.165, 1.54) is 0 Å². The van der Waals surface area contributed by atoms with E-state index in [-0.39, 0.29) is 47.0 Å². The lowest BCUT2D eigenvalue weighted by Crippen LogP contribution is -2.63. The van der Waals surface area contributed by atoms with Gasteiger partial charge >= 0.3 is 0 Å². The quantitative estimate of drug-likeness (QED) is 0.216. The minimum Gasteiger partial charge on any atom is -0.394 e. The minimum atomic E-state index is -1.23. The van der Waals surface area contributed by atoms with Crippen LogP contribution in [0.4, 0.5) is 5.69 Å². The fraction of sp³-hybridized carbons (Fsp3) is 0.639. The maximum Gasteiger partial charge on any atom is 0.249 e.